The fourth-order valence-electron chi connectivity index (χ4n) is 3.92. The van der Waals surface area contributed by atoms with E-state index < -0.39 is 36.5 Å². The molecule has 0 aromatic heterocycles. The lowest BCUT2D eigenvalue weighted by atomic mass is 10.00. The van der Waals surface area contributed by atoms with E-state index in [2.05, 4.69) is 0 Å². The molecule has 176 valence electrons. The molecule has 2 aliphatic rings. The number of rotatable bonds is 6. The Labute approximate surface area is 192 Å². The SMILES string of the molecule is COc1ccc(COCC[C@H]2C[C@@H](O)[C@@H]3O[C@@H]3[C@@H](O)/C=C/c3cccc(O)c3C(=O)O2)cc1. The van der Waals surface area contributed by atoms with Crippen molar-refractivity contribution >= 4 is 12.0 Å². The highest BCUT2D eigenvalue weighted by Crippen LogP contribution is 2.33. The number of epoxide rings is 1. The number of hydrogen-bond acceptors (Lipinski definition) is 8. The highest BCUT2D eigenvalue weighted by Gasteiger charge is 2.48. The standard InChI is InChI=1S/C25H28O8/c1-30-17-8-5-15(6-9-17)14-31-12-11-18-13-21(28)24-23(33-24)20(27)10-7-16-3-2-4-19(26)22(16)25(29)32-18/h2-10,18,20-21,23-24,26-28H,11-14H2,1H3/b10-7+/t18-,20-,21+,23+,24-/m0/s1. The topological polar surface area (TPSA) is 118 Å². The Bertz CT molecular complexity index is 986. The second-order valence-electron chi connectivity index (χ2n) is 8.18. The molecule has 0 aliphatic carbocycles. The van der Waals surface area contributed by atoms with Crippen LogP contribution in [0.2, 0.25) is 0 Å². The van der Waals surface area contributed by atoms with E-state index in [4.69, 9.17) is 18.9 Å². The maximum absolute atomic E-state index is 12.9. The van der Waals surface area contributed by atoms with Gasteiger partial charge in [0.05, 0.1) is 26.4 Å². The molecule has 8 heteroatoms. The van der Waals surface area contributed by atoms with E-state index in [1.807, 2.05) is 24.3 Å². The minimum absolute atomic E-state index is 0.00781. The van der Waals surface area contributed by atoms with Gasteiger partial charge in [0, 0.05) is 12.8 Å². The summed E-state index contributed by atoms with van der Waals surface area (Å²) in [6.45, 7) is 0.670. The Kier molecular flexibility index (Phi) is 7.29. The molecular formula is C25H28O8. The van der Waals surface area contributed by atoms with Gasteiger partial charge in [-0.05, 0) is 29.3 Å². The van der Waals surface area contributed by atoms with Crippen molar-refractivity contribution in [1.29, 1.82) is 0 Å². The molecule has 1 saturated heterocycles. The normalized spacial score (nSPS) is 27.8. The molecule has 0 radical (unpaired) electrons. The molecule has 2 aliphatic heterocycles. The number of esters is 1. The highest BCUT2D eigenvalue weighted by molar-refractivity contribution is 5.96. The summed E-state index contributed by atoms with van der Waals surface area (Å²) in [7, 11) is 1.61. The summed E-state index contributed by atoms with van der Waals surface area (Å²) in [6, 6.07) is 12.2. The predicted octanol–water partition coefficient (Wildman–Crippen LogP) is 2.44. The number of carbonyl (C=O) groups excluding carboxylic acids is 1. The molecule has 1 fully saturated rings. The molecule has 33 heavy (non-hydrogen) atoms. The lowest BCUT2D eigenvalue weighted by molar-refractivity contribution is -0.00361. The molecule has 3 N–H and O–H groups in total. The fraction of sp³-hybridized carbons (Fsp3) is 0.400. The van der Waals surface area contributed by atoms with Gasteiger partial charge >= 0.3 is 5.97 Å². The quantitative estimate of drug-likeness (QED) is 0.345. The minimum atomic E-state index is -0.943. The number of phenols is 1. The number of cyclic esters (lactones) is 1. The smallest absolute Gasteiger partial charge is 0.342 e. The van der Waals surface area contributed by atoms with Crippen LogP contribution in [0.15, 0.2) is 48.5 Å². The third kappa shape index (κ3) is 5.72. The van der Waals surface area contributed by atoms with E-state index in [0.717, 1.165) is 11.3 Å². The molecule has 4 rings (SSSR count). The molecule has 2 aromatic carbocycles. The maximum Gasteiger partial charge on any atom is 0.342 e. The van der Waals surface area contributed by atoms with Gasteiger partial charge in [0.25, 0.3) is 0 Å². The van der Waals surface area contributed by atoms with Crippen molar-refractivity contribution in [2.24, 2.45) is 0 Å². The van der Waals surface area contributed by atoms with Gasteiger partial charge in [-0.15, -0.1) is 0 Å². The van der Waals surface area contributed by atoms with E-state index in [1.165, 1.54) is 12.1 Å². The van der Waals surface area contributed by atoms with Crippen molar-refractivity contribution in [1.82, 2.24) is 0 Å². The van der Waals surface area contributed by atoms with Gasteiger partial charge < -0.3 is 34.3 Å². The number of hydrogen-bond donors (Lipinski definition) is 3. The number of phenolic OH excluding ortho intramolecular Hbond substituents is 1. The average Bonchev–Trinajstić information content (AvgIpc) is 3.61. The molecule has 0 bridgehead atoms. The fourth-order valence-corrected chi connectivity index (χ4v) is 3.92. The molecular weight excluding hydrogens is 428 g/mol. The van der Waals surface area contributed by atoms with Gasteiger partial charge in [0.1, 0.15) is 41.5 Å². The first-order chi connectivity index (χ1) is 16.0. The van der Waals surface area contributed by atoms with Crippen LogP contribution in [0.1, 0.15) is 34.3 Å². The molecule has 0 saturated carbocycles. The third-order valence-corrected chi connectivity index (χ3v) is 5.82. The van der Waals surface area contributed by atoms with E-state index in [1.54, 1.807) is 25.3 Å². The molecule has 0 amide bonds. The summed E-state index contributed by atoms with van der Waals surface area (Å²) in [4.78, 5) is 12.9. The first-order valence-corrected chi connectivity index (χ1v) is 10.9. The predicted molar refractivity (Wildman–Crippen MR) is 119 cm³/mol. The van der Waals surface area contributed by atoms with E-state index in [-0.39, 0.29) is 17.7 Å². The van der Waals surface area contributed by atoms with Crippen LogP contribution in [0.5, 0.6) is 11.5 Å². The van der Waals surface area contributed by atoms with Crippen molar-refractivity contribution in [3.05, 3.63) is 65.2 Å². The van der Waals surface area contributed by atoms with E-state index in [0.29, 0.717) is 25.2 Å². The van der Waals surface area contributed by atoms with Gasteiger partial charge in [0.2, 0.25) is 0 Å². The number of methoxy groups -OCH3 is 1. The Hall–Kier alpha value is -2.91. The summed E-state index contributed by atoms with van der Waals surface area (Å²) in [5.74, 6) is -0.162. The van der Waals surface area contributed by atoms with Crippen LogP contribution in [0.25, 0.3) is 6.08 Å². The Morgan fingerprint density at radius 1 is 1.09 bits per heavy atom. The molecule has 2 aromatic rings. The zero-order valence-electron chi connectivity index (χ0n) is 18.3. The molecule has 8 nitrogen and oxygen atoms in total. The van der Waals surface area contributed by atoms with Crippen molar-refractivity contribution in [3.8, 4) is 11.5 Å². The largest absolute Gasteiger partial charge is 0.507 e. The molecule has 0 unspecified atom stereocenters. The zero-order valence-corrected chi connectivity index (χ0v) is 18.3. The Morgan fingerprint density at radius 2 is 1.88 bits per heavy atom. The van der Waals surface area contributed by atoms with Gasteiger partial charge in [-0.2, -0.15) is 0 Å². The first-order valence-electron chi connectivity index (χ1n) is 10.9. The number of aromatic hydroxyl groups is 1. The van der Waals surface area contributed by atoms with Gasteiger partial charge in [-0.25, -0.2) is 4.79 Å². The van der Waals surface area contributed by atoms with Crippen LogP contribution in [0.4, 0.5) is 0 Å². The Balaban J connectivity index is 1.44. The minimum Gasteiger partial charge on any atom is -0.507 e. The lowest BCUT2D eigenvalue weighted by Crippen LogP contribution is -2.30. The van der Waals surface area contributed by atoms with Crippen molar-refractivity contribution in [3.63, 3.8) is 0 Å². The van der Waals surface area contributed by atoms with Gasteiger partial charge in [-0.1, -0.05) is 36.4 Å². The van der Waals surface area contributed by atoms with Gasteiger partial charge in [0.15, 0.2) is 0 Å². The molecule has 0 spiro atoms. The number of benzene rings is 2. The summed E-state index contributed by atoms with van der Waals surface area (Å²) >= 11 is 0. The average molecular weight is 456 g/mol. The van der Waals surface area contributed by atoms with Crippen LogP contribution < -0.4 is 4.74 Å². The number of fused-ring (bicyclic) bond motifs is 2. The monoisotopic (exact) mass is 456 g/mol. The summed E-state index contributed by atoms with van der Waals surface area (Å²) in [5, 5.41) is 31.2. The van der Waals surface area contributed by atoms with Crippen molar-refractivity contribution in [2.75, 3.05) is 13.7 Å². The van der Waals surface area contributed by atoms with Crippen LogP contribution >= 0.6 is 0 Å². The van der Waals surface area contributed by atoms with Crippen LogP contribution in [-0.4, -0.2) is 65.5 Å². The van der Waals surface area contributed by atoms with E-state index >= 15 is 0 Å². The second kappa shape index (κ2) is 10.4. The molecule has 5 atom stereocenters. The third-order valence-electron chi connectivity index (χ3n) is 5.82. The van der Waals surface area contributed by atoms with Crippen LogP contribution in [-0.2, 0) is 20.8 Å². The van der Waals surface area contributed by atoms with Crippen LogP contribution in [0, 0.1) is 0 Å². The number of aliphatic hydroxyl groups excluding tert-OH is 2. The van der Waals surface area contributed by atoms with Crippen molar-refractivity contribution in [2.45, 2.75) is 50.0 Å². The summed E-state index contributed by atoms with van der Waals surface area (Å²) in [6.07, 6.45) is -0.0947. The number of aliphatic hydroxyl groups is 2. The highest BCUT2D eigenvalue weighted by atomic mass is 16.6. The number of carbonyl (C=O) groups is 1. The maximum atomic E-state index is 12.9. The van der Waals surface area contributed by atoms with Crippen molar-refractivity contribution < 1.29 is 39.1 Å². The number of ether oxygens (including phenoxy) is 4. The van der Waals surface area contributed by atoms with E-state index in [9.17, 15) is 20.1 Å². The summed E-state index contributed by atoms with van der Waals surface area (Å²) in [5.41, 5.74) is 1.40. The first kappa shape index (κ1) is 23.3. The lowest BCUT2D eigenvalue weighted by Gasteiger charge is -2.22. The zero-order chi connectivity index (χ0) is 23.4. The second-order valence-corrected chi connectivity index (χ2v) is 8.18. The van der Waals surface area contributed by atoms with Gasteiger partial charge in [-0.3, -0.25) is 0 Å². The summed E-state index contributed by atoms with van der Waals surface area (Å²) < 4.78 is 22.0. The Morgan fingerprint density at radius 3 is 2.64 bits per heavy atom. The molecule has 2 heterocycles. The van der Waals surface area contributed by atoms with Crippen LogP contribution in [0.3, 0.4) is 0 Å².